The molecule has 0 aromatic heterocycles. The van der Waals surface area contributed by atoms with Gasteiger partial charge in [-0.3, -0.25) is 9.69 Å². The van der Waals surface area contributed by atoms with Crippen molar-refractivity contribution < 1.29 is 27.1 Å². The Morgan fingerprint density at radius 2 is 1.85 bits per heavy atom. The van der Waals surface area contributed by atoms with E-state index >= 15 is 0 Å². The summed E-state index contributed by atoms with van der Waals surface area (Å²) in [5.74, 6) is -1.19. The lowest BCUT2D eigenvalue weighted by Crippen LogP contribution is -2.56. The summed E-state index contributed by atoms with van der Waals surface area (Å²) in [5.41, 5.74) is -0.0210. The first-order valence-electron chi connectivity index (χ1n) is 11.6. The van der Waals surface area contributed by atoms with Gasteiger partial charge in [-0.15, -0.1) is 0 Å². The van der Waals surface area contributed by atoms with Crippen molar-refractivity contribution >= 4 is 27.5 Å². The minimum Gasteiger partial charge on any atom is -0.444 e. The summed E-state index contributed by atoms with van der Waals surface area (Å²) in [6.07, 6.45) is -0.368. The quantitative estimate of drug-likeness (QED) is 0.635. The fourth-order valence-electron chi connectivity index (χ4n) is 4.54. The third kappa shape index (κ3) is 5.38. The maximum absolute atomic E-state index is 14.7. The molecular weight excluding hydrogens is 461 g/mol. The second kappa shape index (κ2) is 9.11. The Morgan fingerprint density at radius 3 is 2.41 bits per heavy atom. The number of ether oxygens (including phenoxy) is 1. The monoisotopic (exact) mass is 497 g/mol. The molecule has 1 fully saturated rings. The Labute approximate surface area is 201 Å². The molecule has 34 heavy (non-hydrogen) atoms. The van der Waals surface area contributed by atoms with Crippen LogP contribution in [0.2, 0.25) is 0 Å². The third-order valence-corrected chi connectivity index (χ3v) is 8.08. The number of carbonyl (C=O) groups is 2. The molecule has 3 rings (SSSR count). The molecule has 0 spiro atoms. The van der Waals surface area contributed by atoms with Gasteiger partial charge in [0.1, 0.15) is 16.3 Å². The Bertz CT molecular complexity index is 1080. The first-order valence-corrected chi connectivity index (χ1v) is 13.3. The van der Waals surface area contributed by atoms with Gasteiger partial charge in [-0.2, -0.15) is 0 Å². The van der Waals surface area contributed by atoms with Gasteiger partial charge in [-0.05, 0) is 45.4 Å². The van der Waals surface area contributed by atoms with Crippen molar-refractivity contribution in [1.29, 1.82) is 0 Å². The van der Waals surface area contributed by atoms with Crippen molar-refractivity contribution in [1.82, 2.24) is 9.80 Å². The van der Waals surface area contributed by atoms with Gasteiger partial charge in [-0.25, -0.2) is 17.6 Å². The minimum absolute atomic E-state index is 0.120. The highest BCUT2D eigenvalue weighted by atomic mass is 32.2. The van der Waals surface area contributed by atoms with E-state index in [4.69, 9.17) is 4.74 Å². The number of halogens is 1. The van der Waals surface area contributed by atoms with Gasteiger partial charge in [0.15, 0.2) is 9.84 Å². The van der Waals surface area contributed by atoms with Crippen LogP contribution >= 0.6 is 0 Å². The summed E-state index contributed by atoms with van der Waals surface area (Å²) < 4.78 is 44.9. The van der Waals surface area contributed by atoms with Gasteiger partial charge in [0.05, 0.1) is 12.3 Å². The SMILES string of the molecule is CCS(=O)(=O)c1cc2c(cc1F)C(C)(C)CN2C(=O)CN1CCN(C(=O)OC(C)(C)C)C(C)C1. The highest BCUT2D eigenvalue weighted by Gasteiger charge is 2.41. The van der Waals surface area contributed by atoms with E-state index in [1.165, 1.54) is 19.1 Å². The van der Waals surface area contributed by atoms with Gasteiger partial charge < -0.3 is 14.5 Å². The number of sulfone groups is 1. The van der Waals surface area contributed by atoms with Crippen molar-refractivity contribution in [2.24, 2.45) is 0 Å². The van der Waals surface area contributed by atoms with Crippen molar-refractivity contribution in [2.75, 3.05) is 43.4 Å². The van der Waals surface area contributed by atoms with Crippen LogP contribution in [0.3, 0.4) is 0 Å². The van der Waals surface area contributed by atoms with Crippen molar-refractivity contribution in [3.63, 3.8) is 0 Å². The molecule has 2 amide bonds. The fourth-order valence-corrected chi connectivity index (χ4v) is 5.49. The Kier molecular flexibility index (Phi) is 7.07. The molecule has 1 aromatic rings. The van der Waals surface area contributed by atoms with Gasteiger partial charge in [0.25, 0.3) is 0 Å². The van der Waals surface area contributed by atoms with Gasteiger partial charge in [0.2, 0.25) is 5.91 Å². The zero-order valence-electron chi connectivity index (χ0n) is 21.1. The largest absolute Gasteiger partial charge is 0.444 e. The minimum atomic E-state index is -3.77. The average molecular weight is 498 g/mol. The number of carbonyl (C=O) groups excluding carboxylic acids is 2. The Hall–Kier alpha value is -2.20. The first-order chi connectivity index (χ1) is 15.6. The molecule has 2 heterocycles. The molecule has 8 nitrogen and oxygen atoms in total. The predicted molar refractivity (Wildman–Crippen MR) is 128 cm³/mol. The van der Waals surface area contributed by atoms with Crippen LogP contribution < -0.4 is 4.90 Å². The Morgan fingerprint density at radius 1 is 1.21 bits per heavy atom. The topological polar surface area (TPSA) is 87.2 Å². The highest BCUT2D eigenvalue weighted by molar-refractivity contribution is 7.91. The lowest BCUT2D eigenvalue weighted by Gasteiger charge is -2.40. The van der Waals surface area contributed by atoms with Crippen LogP contribution in [0.25, 0.3) is 0 Å². The zero-order valence-corrected chi connectivity index (χ0v) is 22.0. The van der Waals surface area contributed by atoms with E-state index in [9.17, 15) is 22.4 Å². The van der Waals surface area contributed by atoms with E-state index < -0.39 is 26.7 Å². The molecule has 1 atom stereocenters. The zero-order chi connectivity index (χ0) is 25.6. The smallest absolute Gasteiger partial charge is 0.410 e. The van der Waals surface area contributed by atoms with Gasteiger partial charge in [0, 0.05) is 43.3 Å². The molecule has 0 bridgehead atoms. The van der Waals surface area contributed by atoms with Crippen LogP contribution in [0.4, 0.5) is 14.9 Å². The number of hydrogen-bond donors (Lipinski definition) is 0. The van der Waals surface area contributed by atoms with Crippen LogP contribution in [-0.4, -0.2) is 80.3 Å². The molecule has 2 aliphatic rings. The lowest BCUT2D eigenvalue weighted by molar-refractivity contribution is -0.120. The summed E-state index contributed by atoms with van der Waals surface area (Å²) in [7, 11) is -3.77. The fraction of sp³-hybridized carbons (Fsp3) is 0.667. The summed E-state index contributed by atoms with van der Waals surface area (Å²) >= 11 is 0. The average Bonchev–Trinajstić information content (AvgIpc) is 2.96. The number of nitrogens with zero attached hydrogens (tertiary/aromatic N) is 3. The number of hydrogen-bond acceptors (Lipinski definition) is 6. The molecule has 1 saturated heterocycles. The number of anilines is 1. The van der Waals surface area contributed by atoms with E-state index in [0.717, 1.165) is 0 Å². The van der Waals surface area contributed by atoms with E-state index in [-0.39, 0.29) is 35.2 Å². The van der Waals surface area contributed by atoms with Crippen LogP contribution in [0.5, 0.6) is 0 Å². The van der Waals surface area contributed by atoms with Crippen LogP contribution in [0.1, 0.15) is 54.0 Å². The number of benzene rings is 1. The van der Waals surface area contributed by atoms with Crippen LogP contribution in [0.15, 0.2) is 17.0 Å². The number of amides is 2. The molecule has 0 aliphatic carbocycles. The summed E-state index contributed by atoms with van der Waals surface area (Å²) in [6.45, 7) is 14.6. The van der Waals surface area contributed by atoms with Crippen molar-refractivity contribution in [3.8, 4) is 0 Å². The number of fused-ring (bicyclic) bond motifs is 1. The maximum atomic E-state index is 14.7. The molecule has 10 heteroatoms. The van der Waals surface area contributed by atoms with Gasteiger partial charge >= 0.3 is 6.09 Å². The summed E-state index contributed by atoms with van der Waals surface area (Å²) in [5, 5.41) is 0. The second-order valence-corrected chi connectivity index (χ2v) is 13.1. The van der Waals surface area contributed by atoms with Gasteiger partial charge in [-0.1, -0.05) is 20.8 Å². The van der Waals surface area contributed by atoms with E-state index in [2.05, 4.69) is 0 Å². The standard InChI is InChI=1S/C24H36FN3O5S/c1-8-34(31,32)20-12-19-17(11-18(20)25)24(6,7)15-28(19)21(29)14-26-9-10-27(16(2)13-26)22(30)33-23(3,4)5/h11-12,16H,8-10,13-15H2,1-7H3. The normalized spacial score (nSPS) is 20.9. The molecule has 0 saturated carbocycles. The molecule has 1 aromatic carbocycles. The highest BCUT2D eigenvalue weighted by Crippen LogP contribution is 2.42. The maximum Gasteiger partial charge on any atom is 0.410 e. The van der Waals surface area contributed by atoms with Crippen molar-refractivity contribution in [3.05, 3.63) is 23.5 Å². The molecule has 1 unspecified atom stereocenters. The molecule has 0 N–H and O–H groups in total. The van der Waals surface area contributed by atoms with Crippen LogP contribution in [0, 0.1) is 5.82 Å². The Balaban J connectivity index is 1.76. The third-order valence-electron chi connectivity index (χ3n) is 6.34. The van der Waals surface area contributed by atoms with E-state index in [0.29, 0.717) is 37.4 Å². The first kappa shape index (κ1) is 26.4. The predicted octanol–water partition coefficient (Wildman–Crippen LogP) is 3.18. The number of piperazine rings is 1. The van der Waals surface area contributed by atoms with Crippen LogP contribution in [-0.2, 0) is 24.8 Å². The van der Waals surface area contributed by atoms with Crippen molar-refractivity contribution in [2.45, 2.75) is 70.4 Å². The van der Waals surface area contributed by atoms with E-state index in [1.54, 1.807) is 9.80 Å². The summed E-state index contributed by atoms with van der Waals surface area (Å²) in [4.78, 5) is 30.6. The van der Waals surface area contributed by atoms with E-state index in [1.807, 2.05) is 46.4 Å². The lowest BCUT2D eigenvalue weighted by atomic mass is 9.87. The molecule has 2 aliphatic heterocycles. The molecular formula is C24H36FN3O5S. The molecule has 190 valence electrons. The molecule has 0 radical (unpaired) electrons. The number of rotatable bonds is 4. The second-order valence-electron chi connectivity index (χ2n) is 10.8. The summed E-state index contributed by atoms with van der Waals surface area (Å²) in [6, 6.07) is 2.43.